The average Bonchev–Trinajstić information content (AvgIpc) is 2.57. The Morgan fingerprint density at radius 2 is 2.29 bits per heavy atom. The molecule has 0 radical (unpaired) electrons. The summed E-state index contributed by atoms with van der Waals surface area (Å²) >= 11 is 0. The summed E-state index contributed by atoms with van der Waals surface area (Å²) in [5.41, 5.74) is 8.51. The van der Waals surface area contributed by atoms with Crippen molar-refractivity contribution in [1.82, 2.24) is 14.5 Å². The van der Waals surface area contributed by atoms with Gasteiger partial charge in [0, 0.05) is 12.7 Å². The number of hydrogen-bond donors (Lipinski definition) is 1. The molecule has 0 spiro atoms. The van der Waals surface area contributed by atoms with Crippen LogP contribution in [0, 0.1) is 6.92 Å². The number of nitrogens with two attached hydrogens (primary N) is 1. The Labute approximate surface area is 82.8 Å². The molecule has 4 heteroatoms. The maximum absolute atomic E-state index is 5.46. The third-order valence-electron chi connectivity index (χ3n) is 2.20. The summed E-state index contributed by atoms with van der Waals surface area (Å²) in [6.07, 6.45) is 4.65. The van der Waals surface area contributed by atoms with Crippen LogP contribution in [0.5, 0.6) is 0 Å². The Hall–Kier alpha value is -1.42. The Morgan fingerprint density at radius 3 is 3.07 bits per heavy atom. The van der Waals surface area contributed by atoms with Gasteiger partial charge in [-0.3, -0.25) is 0 Å². The maximum atomic E-state index is 5.46. The van der Waals surface area contributed by atoms with Gasteiger partial charge < -0.3 is 10.3 Å². The van der Waals surface area contributed by atoms with Gasteiger partial charge in [-0.05, 0) is 31.5 Å². The van der Waals surface area contributed by atoms with Crippen molar-refractivity contribution in [3.05, 3.63) is 24.2 Å². The summed E-state index contributed by atoms with van der Waals surface area (Å²) in [5.74, 6) is 0. The van der Waals surface area contributed by atoms with E-state index < -0.39 is 0 Å². The lowest BCUT2D eigenvalue weighted by molar-refractivity contribution is 0.661. The lowest BCUT2D eigenvalue weighted by atomic mass is 10.3. The molecule has 0 aromatic carbocycles. The van der Waals surface area contributed by atoms with Gasteiger partial charge in [-0.25, -0.2) is 9.97 Å². The molecule has 0 aliphatic heterocycles. The first-order valence-corrected chi connectivity index (χ1v) is 4.79. The molecule has 0 fully saturated rings. The molecule has 0 atom stereocenters. The van der Waals surface area contributed by atoms with Crippen LogP contribution >= 0.6 is 0 Å². The summed E-state index contributed by atoms with van der Waals surface area (Å²) in [4.78, 5) is 8.65. The number of aromatic nitrogens is 3. The van der Waals surface area contributed by atoms with E-state index in [1.54, 1.807) is 0 Å². The molecule has 0 bridgehead atoms. The highest BCUT2D eigenvalue weighted by atomic mass is 15.1. The number of aryl methyl sites for hydroxylation is 2. The van der Waals surface area contributed by atoms with Crippen LogP contribution in [0.4, 0.5) is 0 Å². The van der Waals surface area contributed by atoms with E-state index in [9.17, 15) is 0 Å². The van der Waals surface area contributed by atoms with Crippen LogP contribution in [-0.2, 0) is 6.54 Å². The van der Waals surface area contributed by atoms with Crippen LogP contribution in [0.25, 0.3) is 11.2 Å². The van der Waals surface area contributed by atoms with Gasteiger partial charge in [0.1, 0.15) is 5.52 Å². The van der Waals surface area contributed by atoms with Crippen LogP contribution in [0.2, 0.25) is 0 Å². The van der Waals surface area contributed by atoms with E-state index in [4.69, 9.17) is 5.73 Å². The summed E-state index contributed by atoms with van der Waals surface area (Å²) in [5, 5.41) is 0. The van der Waals surface area contributed by atoms with Crippen LogP contribution in [0.3, 0.4) is 0 Å². The highest BCUT2D eigenvalue weighted by molar-refractivity contribution is 5.71. The van der Waals surface area contributed by atoms with Crippen molar-refractivity contribution >= 4 is 11.2 Å². The fraction of sp³-hybridized carbons (Fsp3) is 0.400. The van der Waals surface area contributed by atoms with E-state index in [1.165, 1.54) is 0 Å². The SMILES string of the molecule is Cc1cnc2c(c1)ncn2CCCN. The van der Waals surface area contributed by atoms with E-state index in [1.807, 2.05) is 30.1 Å². The van der Waals surface area contributed by atoms with E-state index in [0.29, 0.717) is 6.54 Å². The van der Waals surface area contributed by atoms with Gasteiger partial charge in [0.2, 0.25) is 0 Å². The van der Waals surface area contributed by atoms with E-state index in [0.717, 1.165) is 29.7 Å². The number of rotatable bonds is 3. The Morgan fingerprint density at radius 1 is 1.43 bits per heavy atom. The Bertz CT molecular complexity index is 433. The van der Waals surface area contributed by atoms with Gasteiger partial charge in [0.05, 0.1) is 6.33 Å². The minimum absolute atomic E-state index is 0.700. The lowest BCUT2D eigenvalue weighted by Gasteiger charge is -2.01. The summed E-state index contributed by atoms with van der Waals surface area (Å²) in [6, 6.07) is 2.04. The fourth-order valence-electron chi connectivity index (χ4n) is 1.47. The van der Waals surface area contributed by atoms with Gasteiger partial charge >= 0.3 is 0 Å². The van der Waals surface area contributed by atoms with Crippen molar-refractivity contribution < 1.29 is 0 Å². The standard InChI is InChI=1S/C10H14N4/c1-8-5-9-10(12-6-8)14(7-13-9)4-2-3-11/h5-7H,2-4,11H2,1H3. The van der Waals surface area contributed by atoms with Gasteiger partial charge in [-0.15, -0.1) is 0 Å². The Kier molecular flexibility index (Phi) is 2.45. The molecular formula is C10H14N4. The van der Waals surface area contributed by atoms with Crippen molar-refractivity contribution in [1.29, 1.82) is 0 Å². The highest BCUT2D eigenvalue weighted by Crippen LogP contribution is 2.11. The van der Waals surface area contributed by atoms with Crippen LogP contribution in [-0.4, -0.2) is 21.1 Å². The van der Waals surface area contributed by atoms with Crippen molar-refractivity contribution in [2.45, 2.75) is 19.9 Å². The second kappa shape index (κ2) is 3.75. The second-order valence-corrected chi connectivity index (χ2v) is 3.44. The Balaban J connectivity index is 2.37. The molecule has 0 unspecified atom stereocenters. The van der Waals surface area contributed by atoms with E-state index in [2.05, 4.69) is 9.97 Å². The van der Waals surface area contributed by atoms with Crippen LogP contribution in [0.1, 0.15) is 12.0 Å². The molecule has 0 amide bonds. The van der Waals surface area contributed by atoms with E-state index >= 15 is 0 Å². The second-order valence-electron chi connectivity index (χ2n) is 3.44. The predicted octanol–water partition coefficient (Wildman–Crippen LogP) is 1.09. The average molecular weight is 190 g/mol. The maximum Gasteiger partial charge on any atom is 0.159 e. The fourth-order valence-corrected chi connectivity index (χ4v) is 1.47. The van der Waals surface area contributed by atoms with E-state index in [-0.39, 0.29) is 0 Å². The monoisotopic (exact) mass is 190 g/mol. The number of nitrogens with zero attached hydrogens (tertiary/aromatic N) is 3. The minimum Gasteiger partial charge on any atom is -0.330 e. The highest BCUT2D eigenvalue weighted by Gasteiger charge is 2.02. The number of imidazole rings is 1. The number of fused-ring (bicyclic) bond motifs is 1. The zero-order valence-electron chi connectivity index (χ0n) is 8.27. The van der Waals surface area contributed by atoms with Crippen molar-refractivity contribution in [3.63, 3.8) is 0 Å². The molecule has 0 aliphatic rings. The molecule has 2 aromatic heterocycles. The normalized spacial score (nSPS) is 11.0. The topological polar surface area (TPSA) is 56.7 Å². The van der Waals surface area contributed by atoms with Crippen LogP contribution in [0.15, 0.2) is 18.6 Å². The van der Waals surface area contributed by atoms with Gasteiger partial charge in [-0.1, -0.05) is 0 Å². The molecule has 2 aromatic rings. The molecule has 0 saturated carbocycles. The first-order chi connectivity index (χ1) is 6.81. The minimum atomic E-state index is 0.700. The summed E-state index contributed by atoms with van der Waals surface area (Å²) in [7, 11) is 0. The molecule has 2 heterocycles. The first kappa shape index (κ1) is 9.15. The predicted molar refractivity (Wildman–Crippen MR) is 55.9 cm³/mol. The molecule has 4 nitrogen and oxygen atoms in total. The zero-order valence-corrected chi connectivity index (χ0v) is 8.27. The molecular weight excluding hydrogens is 176 g/mol. The van der Waals surface area contributed by atoms with Gasteiger partial charge in [-0.2, -0.15) is 0 Å². The lowest BCUT2D eigenvalue weighted by Crippen LogP contribution is -2.05. The molecule has 0 saturated heterocycles. The summed E-state index contributed by atoms with van der Waals surface area (Å²) < 4.78 is 2.04. The smallest absolute Gasteiger partial charge is 0.159 e. The van der Waals surface area contributed by atoms with Crippen molar-refractivity contribution in [3.8, 4) is 0 Å². The first-order valence-electron chi connectivity index (χ1n) is 4.79. The molecule has 14 heavy (non-hydrogen) atoms. The third-order valence-corrected chi connectivity index (χ3v) is 2.20. The summed E-state index contributed by atoms with van der Waals surface area (Å²) in [6.45, 7) is 3.61. The molecule has 2 N–H and O–H groups in total. The third kappa shape index (κ3) is 1.61. The largest absolute Gasteiger partial charge is 0.330 e. The number of hydrogen-bond acceptors (Lipinski definition) is 3. The van der Waals surface area contributed by atoms with Crippen molar-refractivity contribution in [2.24, 2.45) is 5.73 Å². The van der Waals surface area contributed by atoms with Gasteiger partial charge in [0.15, 0.2) is 5.65 Å². The van der Waals surface area contributed by atoms with Crippen molar-refractivity contribution in [2.75, 3.05) is 6.54 Å². The molecule has 74 valence electrons. The quantitative estimate of drug-likeness (QED) is 0.788. The number of pyridine rings is 1. The zero-order chi connectivity index (χ0) is 9.97. The molecule has 2 rings (SSSR count). The molecule has 0 aliphatic carbocycles. The van der Waals surface area contributed by atoms with Gasteiger partial charge in [0.25, 0.3) is 0 Å². The van der Waals surface area contributed by atoms with Crippen LogP contribution < -0.4 is 5.73 Å².